The Balaban J connectivity index is 2.81. The Morgan fingerprint density at radius 3 is 2.06 bits per heavy atom. The third kappa shape index (κ3) is 2.56. The van der Waals surface area contributed by atoms with Crippen LogP contribution in [0.4, 0.5) is 4.39 Å². The smallest absolute Gasteiger partial charge is 0.143 e. The fourth-order valence-corrected chi connectivity index (χ4v) is 2.65. The third-order valence-corrected chi connectivity index (χ3v) is 4.03. The van der Waals surface area contributed by atoms with E-state index >= 15 is 0 Å². The molecular weight excluding hydrogens is 340 g/mol. The van der Waals surface area contributed by atoms with Gasteiger partial charge in [-0.15, -0.1) is 0 Å². The van der Waals surface area contributed by atoms with Gasteiger partial charge in [-0.25, -0.2) is 4.39 Å². The average molecular weight is 344 g/mol. The number of hydrogen-bond donors (Lipinski definition) is 0. The van der Waals surface area contributed by atoms with Gasteiger partial charge in [0.25, 0.3) is 0 Å². The summed E-state index contributed by atoms with van der Waals surface area (Å²) in [5.41, 5.74) is 0.663. The summed E-state index contributed by atoms with van der Waals surface area (Å²) in [6, 6.07) is 5.70. The molecule has 0 N–H and O–H groups in total. The quantitative estimate of drug-likeness (QED) is 0.501. The molecule has 0 aliphatic rings. The maximum atomic E-state index is 13.6. The fourth-order valence-electron chi connectivity index (χ4n) is 1.51. The average Bonchev–Trinajstić information content (AvgIpc) is 2.30. The maximum absolute atomic E-state index is 13.6. The van der Waals surface area contributed by atoms with Crippen LogP contribution in [0.5, 0.6) is 0 Å². The van der Waals surface area contributed by atoms with Gasteiger partial charge < -0.3 is 0 Å². The molecule has 0 fully saturated rings. The molecule has 0 saturated heterocycles. The van der Waals surface area contributed by atoms with E-state index < -0.39 is 5.82 Å². The van der Waals surface area contributed by atoms with Crippen LogP contribution >= 0.6 is 58.0 Å². The van der Waals surface area contributed by atoms with E-state index in [4.69, 9.17) is 58.0 Å². The molecule has 0 atom stereocenters. The lowest BCUT2D eigenvalue weighted by molar-refractivity contribution is 0.629. The van der Waals surface area contributed by atoms with Gasteiger partial charge in [-0.3, -0.25) is 0 Å². The largest absolute Gasteiger partial charge is 0.205 e. The first-order chi connectivity index (χ1) is 8.41. The van der Waals surface area contributed by atoms with Gasteiger partial charge in [-0.05, 0) is 24.3 Å². The molecule has 6 heteroatoms. The van der Waals surface area contributed by atoms with Crippen LogP contribution in [0.1, 0.15) is 0 Å². The molecule has 2 rings (SSSR count). The summed E-state index contributed by atoms with van der Waals surface area (Å²) >= 11 is 29.7. The van der Waals surface area contributed by atoms with Gasteiger partial charge >= 0.3 is 0 Å². The van der Waals surface area contributed by atoms with E-state index in [0.29, 0.717) is 21.2 Å². The van der Waals surface area contributed by atoms with Gasteiger partial charge in [0, 0.05) is 16.1 Å². The lowest BCUT2D eigenvalue weighted by Gasteiger charge is -2.11. The first kappa shape index (κ1) is 14.2. The molecule has 0 aliphatic carbocycles. The molecule has 18 heavy (non-hydrogen) atoms. The van der Waals surface area contributed by atoms with Crippen molar-refractivity contribution in [1.29, 1.82) is 0 Å². The van der Waals surface area contributed by atoms with E-state index in [2.05, 4.69) is 0 Å². The Morgan fingerprint density at radius 1 is 0.778 bits per heavy atom. The van der Waals surface area contributed by atoms with Crippen molar-refractivity contribution in [2.45, 2.75) is 0 Å². The first-order valence-electron chi connectivity index (χ1n) is 4.70. The highest BCUT2D eigenvalue weighted by Gasteiger charge is 2.17. The Morgan fingerprint density at radius 2 is 1.39 bits per heavy atom. The highest BCUT2D eigenvalue weighted by Crippen LogP contribution is 2.43. The van der Waals surface area contributed by atoms with Gasteiger partial charge in [0.05, 0.1) is 20.1 Å². The maximum Gasteiger partial charge on any atom is 0.143 e. The van der Waals surface area contributed by atoms with Crippen molar-refractivity contribution in [2.24, 2.45) is 0 Å². The minimum Gasteiger partial charge on any atom is -0.205 e. The molecule has 2 aromatic rings. The van der Waals surface area contributed by atoms with Crippen LogP contribution in [-0.4, -0.2) is 0 Å². The predicted octanol–water partition coefficient (Wildman–Crippen LogP) is 6.76. The van der Waals surface area contributed by atoms with Crippen LogP contribution in [0.2, 0.25) is 25.1 Å². The molecule has 0 amide bonds. The van der Waals surface area contributed by atoms with E-state index in [9.17, 15) is 4.39 Å². The van der Waals surface area contributed by atoms with Crippen molar-refractivity contribution < 1.29 is 4.39 Å². The normalized spacial score (nSPS) is 10.8. The number of rotatable bonds is 1. The minimum absolute atomic E-state index is 0.106. The summed E-state index contributed by atoms with van der Waals surface area (Å²) < 4.78 is 13.6. The van der Waals surface area contributed by atoms with Crippen molar-refractivity contribution in [3.8, 4) is 11.1 Å². The third-order valence-electron chi connectivity index (χ3n) is 2.31. The number of halogens is 6. The van der Waals surface area contributed by atoms with Crippen LogP contribution in [0.15, 0.2) is 24.3 Å². The summed E-state index contributed by atoms with van der Waals surface area (Å²) in [6.45, 7) is 0. The highest BCUT2D eigenvalue weighted by atomic mass is 35.5. The molecule has 0 saturated carbocycles. The molecule has 0 aromatic heterocycles. The highest BCUT2D eigenvalue weighted by molar-refractivity contribution is 6.47. The molecule has 2 aromatic carbocycles. The number of benzene rings is 2. The fraction of sp³-hybridized carbons (Fsp3) is 0. The summed E-state index contributed by atoms with van der Waals surface area (Å²) in [7, 11) is 0. The van der Waals surface area contributed by atoms with E-state index in [-0.39, 0.29) is 15.1 Å². The van der Waals surface area contributed by atoms with Crippen LogP contribution in [0, 0.1) is 5.82 Å². The Kier molecular flexibility index (Phi) is 4.30. The Bertz CT molecular complexity index is 624. The summed E-state index contributed by atoms with van der Waals surface area (Å²) in [4.78, 5) is 0. The first-order valence-corrected chi connectivity index (χ1v) is 6.59. The molecule has 0 spiro atoms. The van der Waals surface area contributed by atoms with E-state index in [1.54, 1.807) is 12.1 Å². The molecule has 0 aliphatic heterocycles. The van der Waals surface area contributed by atoms with Crippen LogP contribution in [-0.2, 0) is 0 Å². The topological polar surface area (TPSA) is 0 Å². The predicted molar refractivity (Wildman–Crippen MR) is 76.9 cm³/mol. The summed E-state index contributed by atoms with van der Waals surface area (Å²) in [5, 5.41) is 0.901. The molecule has 0 bridgehead atoms. The molecular formula is C12H4Cl5F. The van der Waals surface area contributed by atoms with Crippen LogP contribution < -0.4 is 0 Å². The van der Waals surface area contributed by atoms with Gasteiger partial charge in [-0.1, -0.05) is 58.0 Å². The van der Waals surface area contributed by atoms with Crippen molar-refractivity contribution in [2.75, 3.05) is 0 Å². The van der Waals surface area contributed by atoms with Crippen LogP contribution in [0.3, 0.4) is 0 Å². The van der Waals surface area contributed by atoms with Crippen molar-refractivity contribution >= 4 is 58.0 Å². The van der Waals surface area contributed by atoms with Crippen LogP contribution in [0.25, 0.3) is 11.1 Å². The second-order valence-electron chi connectivity index (χ2n) is 3.47. The van der Waals surface area contributed by atoms with Crippen molar-refractivity contribution in [1.82, 2.24) is 0 Å². The lowest BCUT2D eigenvalue weighted by atomic mass is 10.1. The second-order valence-corrected chi connectivity index (χ2v) is 5.47. The standard InChI is InChI=1S/C12H4Cl5F/c13-5-3-6(11(16)9(18)4-5)10-7(14)1-2-8(15)12(10)17/h1-4H. The minimum atomic E-state index is -0.647. The Hall–Kier alpha value is -0.180. The van der Waals surface area contributed by atoms with E-state index in [1.165, 1.54) is 6.07 Å². The summed E-state index contributed by atoms with van der Waals surface area (Å²) in [6.07, 6.45) is 0. The van der Waals surface area contributed by atoms with Gasteiger partial charge in [0.1, 0.15) is 5.82 Å². The van der Waals surface area contributed by atoms with Gasteiger partial charge in [0.2, 0.25) is 0 Å². The molecule has 0 heterocycles. The van der Waals surface area contributed by atoms with Crippen molar-refractivity contribution in [3.05, 3.63) is 55.2 Å². The molecule has 0 radical (unpaired) electrons. The molecule has 94 valence electrons. The molecule has 0 nitrogen and oxygen atoms in total. The van der Waals surface area contributed by atoms with Crippen molar-refractivity contribution in [3.63, 3.8) is 0 Å². The number of hydrogen-bond acceptors (Lipinski definition) is 0. The zero-order chi connectivity index (χ0) is 13.4. The van der Waals surface area contributed by atoms with Gasteiger partial charge in [0.15, 0.2) is 0 Å². The van der Waals surface area contributed by atoms with Gasteiger partial charge in [-0.2, -0.15) is 0 Å². The zero-order valence-corrected chi connectivity index (χ0v) is 12.4. The summed E-state index contributed by atoms with van der Waals surface area (Å²) in [5.74, 6) is -0.647. The second kappa shape index (κ2) is 5.44. The van der Waals surface area contributed by atoms with E-state index in [0.717, 1.165) is 6.07 Å². The molecule has 0 unspecified atom stereocenters. The zero-order valence-electron chi connectivity index (χ0n) is 8.58. The lowest BCUT2D eigenvalue weighted by Crippen LogP contribution is -1.88. The van der Waals surface area contributed by atoms with E-state index in [1.807, 2.05) is 0 Å². The Labute approximate surface area is 128 Å². The monoisotopic (exact) mass is 342 g/mol. The SMILES string of the molecule is Fc1cc(Cl)cc(-c2c(Cl)ccc(Cl)c2Cl)c1Cl.